The molecule has 1 aliphatic heterocycles. The number of Topliss-reactive ketones (excluding diaryl/α,β-unsaturated/α-hetero) is 1. The van der Waals surface area contributed by atoms with Gasteiger partial charge in [-0.15, -0.1) is 0 Å². The highest BCUT2D eigenvalue weighted by Crippen LogP contribution is 2.26. The van der Waals surface area contributed by atoms with Crippen LogP contribution in [0.2, 0.25) is 0 Å². The zero-order valence-electron chi connectivity index (χ0n) is 11.8. The van der Waals surface area contributed by atoms with Crippen molar-refractivity contribution in [1.82, 2.24) is 0 Å². The standard InChI is InChI=1S/C16H16N2O3/c1-2-3-9-4-5-11-10(6-9)7-18(8-12(11)19)14-13(17)15(20)16(14)21/h4-6H,2-3,7-8,17H2,1H3. The highest BCUT2D eigenvalue weighted by molar-refractivity contribution is 6.02. The quantitative estimate of drug-likeness (QED) is 0.851. The number of hydrogen-bond donors (Lipinski definition) is 1. The van der Waals surface area contributed by atoms with Gasteiger partial charge in [-0.3, -0.25) is 14.4 Å². The van der Waals surface area contributed by atoms with Crippen molar-refractivity contribution in [2.45, 2.75) is 26.3 Å². The van der Waals surface area contributed by atoms with Gasteiger partial charge in [0.15, 0.2) is 5.78 Å². The summed E-state index contributed by atoms with van der Waals surface area (Å²) in [5.41, 5.74) is 7.28. The average Bonchev–Trinajstić information content (AvgIpc) is 2.47. The fraction of sp³-hybridized carbons (Fsp3) is 0.312. The maximum atomic E-state index is 12.2. The minimum Gasteiger partial charge on any atom is -0.394 e. The summed E-state index contributed by atoms with van der Waals surface area (Å²) in [6.45, 7) is 2.63. The van der Waals surface area contributed by atoms with Crippen LogP contribution in [-0.2, 0) is 13.0 Å². The Hall–Kier alpha value is -2.43. The van der Waals surface area contributed by atoms with E-state index in [0.717, 1.165) is 18.4 Å². The van der Waals surface area contributed by atoms with Crippen LogP contribution in [-0.4, -0.2) is 12.3 Å². The number of nitrogens with zero attached hydrogens (tertiary/aromatic N) is 1. The minimum atomic E-state index is -0.650. The largest absolute Gasteiger partial charge is 0.394 e. The summed E-state index contributed by atoms with van der Waals surface area (Å²) in [5.74, 6) is -0.0493. The number of ketones is 1. The number of rotatable bonds is 3. The van der Waals surface area contributed by atoms with Crippen LogP contribution in [0.1, 0.15) is 34.8 Å². The first-order chi connectivity index (χ1) is 10.0. The number of nitrogen functional groups attached to an aromatic ring is 1. The number of aryl methyl sites for hydroxylation is 1. The highest BCUT2D eigenvalue weighted by atomic mass is 16.2. The number of fused-ring (bicyclic) bond motifs is 1. The Balaban J connectivity index is 1.98. The Kier molecular flexibility index (Phi) is 3.12. The van der Waals surface area contributed by atoms with Crippen LogP contribution in [0.25, 0.3) is 0 Å². The second-order valence-electron chi connectivity index (χ2n) is 5.44. The third-order valence-electron chi connectivity index (χ3n) is 3.94. The lowest BCUT2D eigenvalue weighted by Gasteiger charge is -2.30. The number of nitrogens with two attached hydrogens (primary N) is 1. The number of benzene rings is 1. The van der Waals surface area contributed by atoms with Gasteiger partial charge in [-0.05, 0) is 17.5 Å². The molecule has 0 spiro atoms. The summed E-state index contributed by atoms with van der Waals surface area (Å²) < 4.78 is 0. The van der Waals surface area contributed by atoms with Crippen LogP contribution in [0.5, 0.6) is 0 Å². The van der Waals surface area contributed by atoms with Crippen molar-refractivity contribution in [1.29, 1.82) is 0 Å². The highest BCUT2D eigenvalue weighted by Gasteiger charge is 2.30. The summed E-state index contributed by atoms with van der Waals surface area (Å²) >= 11 is 0. The zero-order valence-corrected chi connectivity index (χ0v) is 11.8. The van der Waals surface area contributed by atoms with Gasteiger partial charge >= 0.3 is 0 Å². The molecule has 0 fully saturated rings. The molecule has 0 saturated carbocycles. The van der Waals surface area contributed by atoms with Crippen LogP contribution >= 0.6 is 0 Å². The second-order valence-corrected chi connectivity index (χ2v) is 5.44. The molecule has 21 heavy (non-hydrogen) atoms. The van der Waals surface area contributed by atoms with Crippen molar-refractivity contribution in [3.05, 3.63) is 55.3 Å². The topological polar surface area (TPSA) is 80.5 Å². The normalized spacial score (nSPS) is 14.5. The van der Waals surface area contributed by atoms with Crippen molar-refractivity contribution in [2.24, 2.45) is 0 Å². The Morgan fingerprint density at radius 3 is 2.57 bits per heavy atom. The Labute approximate surface area is 121 Å². The number of carbonyl (C=O) groups excluding carboxylic acids is 1. The molecule has 1 aliphatic rings. The first-order valence-electron chi connectivity index (χ1n) is 7.01. The monoisotopic (exact) mass is 284 g/mol. The smallest absolute Gasteiger partial charge is 0.253 e. The second kappa shape index (κ2) is 4.84. The molecule has 0 saturated heterocycles. The first kappa shape index (κ1) is 13.5. The maximum absolute atomic E-state index is 12.2. The predicted octanol–water partition coefficient (Wildman–Crippen LogP) is 1.02. The molecule has 0 aliphatic carbocycles. The summed E-state index contributed by atoms with van der Waals surface area (Å²) in [7, 11) is 0. The van der Waals surface area contributed by atoms with E-state index in [9.17, 15) is 14.4 Å². The van der Waals surface area contributed by atoms with Gasteiger partial charge in [0, 0.05) is 12.1 Å². The Morgan fingerprint density at radius 2 is 1.90 bits per heavy atom. The molecule has 5 nitrogen and oxygen atoms in total. The van der Waals surface area contributed by atoms with Crippen molar-refractivity contribution in [3.8, 4) is 0 Å². The maximum Gasteiger partial charge on any atom is 0.253 e. The van der Waals surface area contributed by atoms with E-state index in [2.05, 4.69) is 6.92 Å². The molecular formula is C16H16N2O3. The van der Waals surface area contributed by atoms with Gasteiger partial charge in [0.05, 0.1) is 6.54 Å². The third-order valence-corrected chi connectivity index (χ3v) is 3.94. The third kappa shape index (κ3) is 2.05. The predicted molar refractivity (Wildman–Crippen MR) is 81.6 cm³/mol. The molecule has 0 aromatic heterocycles. The molecule has 0 unspecified atom stereocenters. The molecule has 1 heterocycles. The van der Waals surface area contributed by atoms with E-state index in [1.807, 2.05) is 18.2 Å². The molecule has 0 bridgehead atoms. The zero-order chi connectivity index (χ0) is 15.1. The van der Waals surface area contributed by atoms with Gasteiger partial charge in [0.25, 0.3) is 10.9 Å². The molecule has 0 amide bonds. The summed E-state index contributed by atoms with van der Waals surface area (Å²) in [5, 5.41) is 0. The van der Waals surface area contributed by atoms with Crippen LogP contribution in [0.3, 0.4) is 0 Å². The first-order valence-corrected chi connectivity index (χ1v) is 7.01. The minimum absolute atomic E-state index is 0.0269. The van der Waals surface area contributed by atoms with Gasteiger partial charge in [-0.1, -0.05) is 31.5 Å². The fourth-order valence-electron chi connectivity index (χ4n) is 2.88. The molecule has 5 heteroatoms. The van der Waals surface area contributed by atoms with Gasteiger partial charge < -0.3 is 10.6 Å². The summed E-state index contributed by atoms with van der Waals surface area (Å²) in [6, 6.07) is 5.83. The van der Waals surface area contributed by atoms with E-state index in [0.29, 0.717) is 12.1 Å². The van der Waals surface area contributed by atoms with E-state index in [1.54, 1.807) is 4.90 Å². The number of anilines is 2. The summed E-state index contributed by atoms with van der Waals surface area (Å²) in [6.07, 6.45) is 1.98. The van der Waals surface area contributed by atoms with Crippen LogP contribution in [0, 0.1) is 0 Å². The van der Waals surface area contributed by atoms with Crippen LogP contribution in [0.15, 0.2) is 27.8 Å². The van der Waals surface area contributed by atoms with Crippen molar-refractivity contribution < 1.29 is 4.79 Å². The lowest BCUT2D eigenvalue weighted by molar-refractivity contribution is 0.0992. The Morgan fingerprint density at radius 1 is 1.14 bits per heavy atom. The Bertz CT molecular complexity index is 800. The number of carbonyl (C=O) groups is 1. The van der Waals surface area contributed by atoms with Gasteiger partial charge in [0.1, 0.15) is 11.4 Å². The number of hydrogen-bond acceptors (Lipinski definition) is 5. The van der Waals surface area contributed by atoms with Gasteiger partial charge in [0.2, 0.25) is 0 Å². The van der Waals surface area contributed by atoms with Gasteiger partial charge in [-0.2, -0.15) is 0 Å². The van der Waals surface area contributed by atoms with E-state index in [1.165, 1.54) is 5.56 Å². The fourth-order valence-corrected chi connectivity index (χ4v) is 2.88. The van der Waals surface area contributed by atoms with E-state index >= 15 is 0 Å². The summed E-state index contributed by atoms with van der Waals surface area (Å²) in [4.78, 5) is 36.7. The molecule has 108 valence electrons. The molecule has 2 aromatic carbocycles. The molecule has 0 atom stereocenters. The van der Waals surface area contributed by atoms with E-state index in [-0.39, 0.29) is 23.7 Å². The average molecular weight is 284 g/mol. The van der Waals surface area contributed by atoms with Crippen LogP contribution < -0.4 is 21.5 Å². The molecule has 0 radical (unpaired) electrons. The molecular weight excluding hydrogens is 268 g/mol. The van der Waals surface area contributed by atoms with Gasteiger partial charge in [-0.25, -0.2) is 0 Å². The van der Waals surface area contributed by atoms with E-state index < -0.39 is 10.9 Å². The van der Waals surface area contributed by atoms with Crippen LogP contribution in [0.4, 0.5) is 11.4 Å². The lowest BCUT2D eigenvalue weighted by Crippen LogP contribution is -2.46. The molecule has 3 rings (SSSR count). The van der Waals surface area contributed by atoms with Crippen molar-refractivity contribution in [3.63, 3.8) is 0 Å². The van der Waals surface area contributed by atoms with Crippen molar-refractivity contribution in [2.75, 3.05) is 17.2 Å². The lowest BCUT2D eigenvalue weighted by atomic mass is 9.94. The van der Waals surface area contributed by atoms with E-state index in [4.69, 9.17) is 5.73 Å². The molecule has 2 N–H and O–H groups in total. The SMILES string of the molecule is CCCc1ccc2c(c1)CN(c1c(N)c(=O)c1=O)CC2=O. The molecule has 2 aromatic rings. The van der Waals surface area contributed by atoms with Crippen molar-refractivity contribution >= 4 is 17.2 Å².